The number of rotatable bonds is 52. The molecular formula is C88H140N4O16Rh2S4. The minimum atomic E-state index is -3.74. The molecule has 0 aliphatic carbocycles. The van der Waals surface area contributed by atoms with Gasteiger partial charge in [-0.15, -0.1) is 0 Å². The summed E-state index contributed by atoms with van der Waals surface area (Å²) in [5.74, 6) is -4.27. The van der Waals surface area contributed by atoms with Crippen molar-refractivity contribution < 1.29 is 112 Å². The molecule has 2 radical (unpaired) electrons. The van der Waals surface area contributed by atoms with E-state index in [0.717, 1.165) is 90.8 Å². The fourth-order valence-electron chi connectivity index (χ4n) is 15.5. The molecule has 4 heterocycles. The van der Waals surface area contributed by atoms with Crippen LogP contribution in [0.3, 0.4) is 0 Å². The van der Waals surface area contributed by atoms with Crippen LogP contribution in [0.15, 0.2) is 117 Å². The molecule has 114 heavy (non-hydrogen) atoms. The Morgan fingerprint density at radius 2 is 0.395 bits per heavy atom. The maximum atomic E-state index is 12.7. The van der Waals surface area contributed by atoms with Crippen molar-refractivity contribution in [2.45, 2.75) is 380 Å². The van der Waals surface area contributed by atoms with Crippen molar-refractivity contribution in [2.24, 2.45) is 0 Å². The van der Waals surface area contributed by atoms with Gasteiger partial charge in [-0.25, -0.2) is 33.7 Å². The average molecular weight is 1840 g/mol. The molecule has 4 atom stereocenters. The van der Waals surface area contributed by atoms with Crippen LogP contribution in [0, 0.1) is 0 Å². The molecule has 0 spiro atoms. The Labute approximate surface area is 713 Å². The Hall–Kier alpha value is -4.35. The molecule has 4 aliphatic heterocycles. The van der Waals surface area contributed by atoms with Gasteiger partial charge in [-0.1, -0.05) is 282 Å². The quantitative estimate of drug-likeness (QED) is 0.0236. The van der Waals surface area contributed by atoms with Gasteiger partial charge in [-0.3, -0.25) is 19.2 Å². The van der Waals surface area contributed by atoms with Crippen LogP contribution in [0.5, 0.6) is 0 Å². The van der Waals surface area contributed by atoms with Gasteiger partial charge in [-0.05, 0) is 174 Å². The van der Waals surface area contributed by atoms with Crippen LogP contribution >= 0.6 is 0 Å². The monoisotopic (exact) mass is 1840 g/mol. The fourth-order valence-corrected chi connectivity index (χ4v) is 22.1. The molecular weight excluding hydrogens is 1700 g/mol. The first kappa shape index (κ1) is 104. The molecule has 4 unspecified atom stereocenters. The summed E-state index contributed by atoms with van der Waals surface area (Å²) in [4.78, 5) is 46.0. The van der Waals surface area contributed by atoms with Gasteiger partial charge < -0.3 is 20.4 Å². The van der Waals surface area contributed by atoms with Crippen molar-refractivity contribution in [1.29, 1.82) is 0 Å². The molecule has 4 fully saturated rings. The number of unbranched alkanes of at least 4 members (excludes halogenated alkanes) is 32. The van der Waals surface area contributed by atoms with Crippen molar-refractivity contribution in [1.82, 2.24) is 17.2 Å². The third-order valence-electron chi connectivity index (χ3n) is 22.4. The van der Waals surface area contributed by atoms with E-state index in [0.29, 0.717) is 51.4 Å². The van der Waals surface area contributed by atoms with Gasteiger partial charge in [0.05, 0.1) is 19.6 Å². The zero-order valence-corrected chi connectivity index (χ0v) is 75.6. The van der Waals surface area contributed by atoms with E-state index in [4.69, 9.17) is 0 Å². The fraction of sp³-hybridized carbons (Fsp3) is 0.682. The molecule has 4 aromatic carbocycles. The van der Waals surface area contributed by atoms with E-state index in [1.165, 1.54) is 205 Å². The molecule has 0 aromatic heterocycles. The molecule has 0 saturated carbocycles. The summed E-state index contributed by atoms with van der Waals surface area (Å²) in [7, 11) is -15.0. The maximum Gasteiger partial charge on any atom is 0.322 e. The third-order valence-corrected chi connectivity index (χ3v) is 30.0. The number of carbonyl (C=O) groups is 4. The first-order chi connectivity index (χ1) is 53.9. The average Bonchev–Trinajstić information content (AvgIpc) is 1.58. The Kier molecular flexibility index (Phi) is 52.6. The van der Waals surface area contributed by atoms with E-state index in [-0.39, 0.29) is 84.7 Å². The summed E-state index contributed by atoms with van der Waals surface area (Å²) in [5.41, 5.74) is 4.55. The van der Waals surface area contributed by atoms with Crippen LogP contribution in [0.25, 0.3) is 0 Å². The molecule has 20 nitrogen and oxygen atoms in total. The SMILES string of the molecule is CCCCCCCCCCCc1ccc(S(=O)(=O)N2CCCC2C(=O)O)cc1.CCCCCCCCCCCc1ccc(S(=O)(=O)N2CCCC2C(=O)O)cc1.CCCCCCCCCCCc1ccc(S(=O)(=O)N2CCCC2C(=O)O)cc1.CCCCCCCCCCCc1ccc(S(=O)(=O)N2CCCC2C(=O)O)cc1.[Rh].[Rh]. The summed E-state index contributed by atoms with van der Waals surface area (Å²) in [6, 6.07) is 24.1. The zero-order chi connectivity index (χ0) is 81.6. The molecule has 4 aliphatic rings. The van der Waals surface area contributed by atoms with Gasteiger partial charge in [-0.2, -0.15) is 17.2 Å². The standard InChI is InChI=1S/4C22H35NO4S.2Rh/c4*1-2-3-4-5-6-7-8-9-10-12-19-14-16-20(17-15-19)28(26,27)23-18-11-13-21(23)22(24)25;;/h4*14-17,21H,2-13,18H2,1H3,(H,24,25);;. The summed E-state index contributed by atoms with van der Waals surface area (Å²) in [5, 5.41) is 37.0. The number of carboxylic acid groups (broad SMARTS) is 4. The molecule has 26 heteroatoms. The van der Waals surface area contributed by atoms with Gasteiger partial charge in [0.1, 0.15) is 24.2 Å². The maximum absolute atomic E-state index is 12.7. The van der Waals surface area contributed by atoms with Crippen molar-refractivity contribution in [2.75, 3.05) is 26.2 Å². The van der Waals surface area contributed by atoms with Gasteiger partial charge in [0, 0.05) is 65.1 Å². The van der Waals surface area contributed by atoms with Gasteiger partial charge in [0.15, 0.2) is 0 Å². The second-order valence-electron chi connectivity index (χ2n) is 31.3. The number of hydrogen-bond acceptors (Lipinski definition) is 12. The second kappa shape index (κ2) is 57.8. The molecule has 0 bridgehead atoms. The largest absolute Gasteiger partial charge is 0.480 e. The minimum absolute atomic E-state index is 0. The summed E-state index contributed by atoms with van der Waals surface area (Å²) < 4.78 is 107. The van der Waals surface area contributed by atoms with E-state index in [2.05, 4.69) is 27.7 Å². The van der Waals surface area contributed by atoms with E-state index in [1.807, 2.05) is 48.5 Å². The van der Waals surface area contributed by atoms with Gasteiger partial charge >= 0.3 is 23.9 Å². The van der Waals surface area contributed by atoms with E-state index >= 15 is 0 Å². The molecule has 4 saturated heterocycles. The van der Waals surface area contributed by atoms with E-state index in [9.17, 15) is 73.3 Å². The van der Waals surface area contributed by atoms with Crippen molar-refractivity contribution in [3.05, 3.63) is 119 Å². The Bertz CT molecular complexity index is 3310. The second-order valence-corrected chi connectivity index (χ2v) is 38.9. The molecule has 650 valence electrons. The van der Waals surface area contributed by atoms with Crippen molar-refractivity contribution >= 4 is 64.0 Å². The summed E-state index contributed by atoms with van der Waals surface area (Å²) in [6.07, 6.45) is 54.0. The number of aryl methyl sites for hydroxylation is 4. The first-order valence-corrected chi connectivity index (χ1v) is 49.0. The number of hydrogen-bond donors (Lipinski definition) is 4. The number of sulfonamides is 4. The number of benzene rings is 4. The van der Waals surface area contributed by atoms with Crippen molar-refractivity contribution in [3.63, 3.8) is 0 Å². The molecule has 4 N–H and O–H groups in total. The van der Waals surface area contributed by atoms with Crippen LogP contribution in [0.1, 0.15) is 332 Å². The van der Waals surface area contributed by atoms with Crippen LogP contribution in [0.4, 0.5) is 0 Å². The van der Waals surface area contributed by atoms with Gasteiger partial charge in [0.2, 0.25) is 40.1 Å². The van der Waals surface area contributed by atoms with Gasteiger partial charge in [0.25, 0.3) is 0 Å². The van der Waals surface area contributed by atoms with E-state index < -0.39 is 88.1 Å². The Balaban J connectivity index is 0.000000391. The van der Waals surface area contributed by atoms with Crippen LogP contribution in [0.2, 0.25) is 0 Å². The van der Waals surface area contributed by atoms with Crippen LogP contribution < -0.4 is 0 Å². The Morgan fingerprint density at radius 1 is 0.254 bits per heavy atom. The number of carboxylic acids is 4. The van der Waals surface area contributed by atoms with Crippen LogP contribution in [-0.2, 0) is 124 Å². The topological polar surface area (TPSA) is 299 Å². The normalized spacial score (nSPS) is 17.5. The predicted molar refractivity (Wildman–Crippen MR) is 448 cm³/mol. The number of aliphatic carboxylic acids is 4. The smallest absolute Gasteiger partial charge is 0.322 e. The van der Waals surface area contributed by atoms with Crippen LogP contribution in [-0.4, -0.2) is 146 Å². The minimum Gasteiger partial charge on any atom is -0.480 e. The Morgan fingerprint density at radius 3 is 0.535 bits per heavy atom. The van der Waals surface area contributed by atoms with E-state index in [1.54, 1.807) is 48.5 Å². The zero-order valence-electron chi connectivity index (χ0n) is 69.1. The molecule has 0 amide bonds. The molecule has 8 rings (SSSR count). The summed E-state index contributed by atoms with van der Waals surface area (Å²) in [6.45, 7) is 10.1. The molecule has 4 aromatic rings. The van der Waals surface area contributed by atoms with Crippen molar-refractivity contribution in [3.8, 4) is 0 Å². The number of nitrogens with zero attached hydrogens (tertiary/aromatic N) is 4. The predicted octanol–water partition coefficient (Wildman–Crippen LogP) is 20.0. The first-order valence-electron chi connectivity index (χ1n) is 43.2. The third kappa shape index (κ3) is 36.3. The summed E-state index contributed by atoms with van der Waals surface area (Å²) >= 11 is 0.